The first-order chi connectivity index (χ1) is 14.3. The Morgan fingerprint density at radius 3 is 2.27 bits per heavy atom. The van der Waals surface area contributed by atoms with Crippen LogP contribution in [0.4, 0.5) is 8.78 Å². The lowest BCUT2D eigenvalue weighted by Gasteiger charge is -2.15. The highest BCUT2D eigenvalue weighted by atomic mass is 35.5. The van der Waals surface area contributed by atoms with Gasteiger partial charge in [0.05, 0.1) is 35.9 Å². The molecule has 2 aromatic carbocycles. The van der Waals surface area contributed by atoms with Crippen molar-refractivity contribution in [2.75, 3.05) is 26.9 Å². The van der Waals surface area contributed by atoms with E-state index < -0.39 is 6.43 Å². The van der Waals surface area contributed by atoms with E-state index in [0.29, 0.717) is 17.9 Å². The van der Waals surface area contributed by atoms with Gasteiger partial charge in [-0.05, 0) is 18.2 Å². The van der Waals surface area contributed by atoms with Gasteiger partial charge in [-0.3, -0.25) is 0 Å². The van der Waals surface area contributed by atoms with Gasteiger partial charge in [-0.25, -0.2) is 8.78 Å². The molecule has 10 heteroatoms. The van der Waals surface area contributed by atoms with Crippen molar-refractivity contribution in [3.05, 3.63) is 56.5 Å². The molecule has 0 unspecified atom stereocenters. The number of rotatable bonds is 11. The van der Waals surface area contributed by atoms with E-state index >= 15 is 0 Å². The van der Waals surface area contributed by atoms with Crippen molar-refractivity contribution >= 4 is 46.4 Å². The van der Waals surface area contributed by atoms with Crippen LogP contribution in [0.25, 0.3) is 0 Å². The number of ether oxygens (including phenoxy) is 4. The molecular formula is C20H18Cl4F2O4. The summed E-state index contributed by atoms with van der Waals surface area (Å²) in [6, 6.07) is 7.43. The monoisotopic (exact) mass is 500 g/mol. The predicted octanol–water partition coefficient (Wildman–Crippen LogP) is 7.49. The molecule has 0 saturated carbocycles. The predicted molar refractivity (Wildman–Crippen MR) is 115 cm³/mol. The van der Waals surface area contributed by atoms with Gasteiger partial charge < -0.3 is 18.9 Å². The van der Waals surface area contributed by atoms with E-state index in [4.69, 9.17) is 65.4 Å². The summed E-state index contributed by atoms with van der Waals surface area (Å²) in [5.74, 6) is 0.978. The van der Waals surface area contributed by atoms with Crippen LogP contribution in [0.2, 0.25) is 10.0 Å². The summed E-state index contributed by atoms with van der Waals surface area (Å²) in [4.78, 5) is 0. The van der Waals surface area contributed by atoms with Crippen LogP contribution in [0.5, 0.6) is 23.0 Å². The van der Waals surface area contributed by atoms with Crippen LogP contribution in [0.15, 0.2) is 40.9 Å². The summed E-state index contributed by atoms with van der Waals surface area (Å²) >= 11 is 23.4. The Bertz CT molecular complexity index is 851. The van der Waals surface area contributed by atoms with Crippen LogP contribution >= 0.6 is 46.4 Å². The maximum atomic E-state index is 13.0. The molecule has 0 bridgehead atoms. The Morgan fingerprint density at radius 2 is 1.67 bits per heavy atom. The second kappa shape index (κ2) is 12.3. The molecule has 0 spiro atoms. The molecular weight excluding hydrogens is 484 g/mol. The van der Waals surface area contributed by atoms with Crippen molar-refractivity contribution in [2.24, 2.45) is 0 Å². The van der Waals surface area contributed by atoms with Gasteiger partial charge in [0.1, 0.15) is 16.8 Å². The average Bonchev–Trinajstić information content (AvgIpc) is 2.68. The summed E-state index contributed by atoms with van der Waals surface area (Å²) in [6.07, 6.45) is -0.737. The molecule has 0 aliphatic carbocycles. The number of hydrogen-bond donors (Lipinski definition) is 0. The standard InChI is InChI=1S/C20H18Cl4F2O4/c1-27-18-13(20(25)26)4-2-5-16(18)29-7-3-8-30-19-14(21)10-12(11-15(19)22)28-9-6-17(23)24/h2,4-6,10-11,20H,3,7-9H2,1H3. The van der Waals surface area contributed by atoms with Crippen LogP contribution in [-0.4, -0.2) is 26.9 Å². The molecule has 2 aromatic rings. The van der Waals surface area contributed by atoms with Gasteiger partial charge >= 0.3 is 0 Å². The molecule has 0 N–H and O–H groups in total. The molecule has 0 amide bonds. The second-order valence-electron chi connectivity index (χ2n) is 5.75. The quantitative estimate of drug-likeness (QED) is 0.299. The van der Waals surface area contributed by atoms with Gasteiger partial charge in [0, 0.05) is 18.6 Å². The third-order valence-electron chi connectivity index (χ3n) is 3.70. The van der Waals surface area contributed by atoms with Gasteiger partial charge in [0.15, 0.2) is 17.2 Å². The van der Waals surface area contributed by atoms with E-state index in [1.807, 2.05) is 0 Å². The lowest BCUT2D eigenvalue weighted by Crippen LogP contribution is -2.07. The second-order valence-corrected chi connectivity index (χ2v) is 7.57. The number of benzene rings is 2. The largest absolute Gasteiger partial charge is 0.492 e. The fourth-order valence-corrected chi connectivity index (χ4v) is 3.11. The molecule has 0 fully saturated rings. The van der Waals surface area contributed by atoms with Crippen molar-refractivity contribution in [3.8, 4) is 23.0 Å². The minimum absolute atomic E-state index is 0.0143. The zero-order valence-corrected chi connectivity index (χ0v) is 18.8. The molecule has 2 rings (SSSR count). The van der Waals surface area contributed by atoms with Crippen molar-refractivity contribution in [1.82, 2.24) is 0 Å². The third-order valence-corrected chi connectivity index (χ3v) is 4.57. The first kappa shape index (κ1) is 24.7. The van der Waals surface area contributed by atoms with Crippen LogP contribution in [-0.2, 0) is 0 Å². The molecule has 0 saturated heterocycles. The van der Waals surface area contributed by atoms with E-state index in [9.17, 15) is 8.78 Å². The highest BCUT2D eigenvalue weighted by Gasteiger charge is 2.17. The lowest BCUT2D eigenvalue weighted by atomic mass is 10.2. The molecule has 30 heavy (non-hydrogen) atoms. The summed E-state index contributed by atoms with van der Waals surface area (Å²) in [7, 11) is 1.31. The number of alkyl halides is 2. The van der Waals surface area contributed by atoms with Crippen LogP contribution in [0.3, 0.4) is 0 Å². The van der Waals surface area contributed by atoms with E-state index in [2.05, 4.69) is 0 Å². The molecule has 0 heterocycles. The molecule has 4 nitrogen and oxygen atoms in total. The molecule has 0 aliphatic heterocycles. The van der Waals surface area contributed by atoms with Gasteiger partial charge in [0.25, 0.3) is 6.43 Å². The Labute approximate surface area is 193 Å². The Morgan fingerprint density at radius 1 is 1.00 bits per heavy atom. The Balaban J connectivity index is 1.88. The summed E-state index contributed by atoms with van der Waals surface area (Å²) < 4.78 is 47.8. The summed E-state index contributed by atoms with van der Waals surface area (Å²) in [6.45, 7) is 0.606. The highest BCUT2D eigenvalue weighted by molar-refractivity contribution is 6.55. The van der Waals surface area contributed by atoms with Crippen molar-refractivity contribution in [3.63, 3.8) is 0 Å². The fourth-order valence-electron chi connectivity index (χ4n) is 2.41. The molecule has 0 aliphatic rings. The normalized spacial score (nSPS) is 10.7. The average molecular weight is 502 g/mol. The summed E-state index contributed by atoms with van der Waals surface area (Å²) in [5.41, 5.74) is -0.226. The maximum Gasteiger partial charge on any atom is 0.267 e. The van der Waals surface area contributed by atoms with Crippen LogP contribution in [0.1, 0.15) is 18.4 Å². The zero-order valence-electron chi connectivity index (χ0n) is 15.8. The van der Waals surface area contributed by atoms with E-state index in [0.717, 1.165) is 0 Å². The minimum atomic E-state index is -2.66. The van der Waals surface area contributed by atoms with E-state index in [1.54, 1.807) is 18.2 Å². The van der Waals surface area contributed by atoms with Crippen LogP contribution in [0, 0.1) is 0 Å². The lowest BCUT2D eigenvalue weighted by molar-refractivity contribution is 0.145. The molecule has 0 atom stereocenters. The van der Waals surface area contributed by atoms with Gasteiger partial charge in [-0.1, -0.05) is 52.5 Å². The first-order valence-corrected chi connectivity index (χ1v) is 10.2. The highest BCUT2D eigenvalue weighted by Crippen LogP contribution is 2.38. The van der Waals surface area contributed by atoms with Gasteiger partial charge in [0.2, 0.25) is 0 Å². The van der Waals surface area contributed by atoms with Crippen LogP contribution < -0.4 is 18.9 Å². The van der Waals surface area contributed by atoms with E-state index in [1.165, 1.54) is 25.3 Å². The topological polar surface area (TPSA) is 36.9 Å². The van der Waals surface area contributed by atoms with Crippen molar-refractivity contribution in [2.45, 2.75) is 12.8 Å². The smallest absolute Gasteiger partial charge is 0.267 e. The minimum Gasteiger partial charge on any atom is -0.492 e. The first-order valence-electron chi connectivity index (χ1n) is 8.67. The fraction of sp³-hybridized carbons (Fsp3) is 0.300. The van der Waals surface area contributed by atoms with Crippen molar-refractivity contribution < 1.29 is 27.7 Å². The Hall–Kier alpha value is -1.60. The number of para-hydroxylation sites is 1. The molecule has 164 valence electrons. The maximum absolute atomic E-state index is 13.0. The number of halogens is 6. The number of methoxy groups -OCH3 is 1. The molecule has 0 radical (unpaired) electrons. The molecule has 0 aromatic heterocycles. The SMILES string of the molecule is COc1c(OCCCOc2c(Cl)cc(OCC=C(Cl)Cl)cc2Cl)cccc1C(F)F. The van der Waals surface area contributed by atoms with Gasteiger partial charge in [-0.2, -0.15) is 0 Å². The number of hydrogen-bond acceptors (Lipinski definition) is 4. The van der Waals surface area contributed by atoms with Gasteiger partial charge in [-0.15, -0.1) is 0 Å². The van der Waals surface area contributed by atoms with Crippen molar-refractivity contribution in [1.29, 1.82) is 0 Å². The third kappa shape index (κ3) is 7.27. The zero-order chi connectivity index (χ0) is 22.1. The summed E-state index contributed by atoms with van der Waals surface area (Å²) in [5, 5.41) is 0.538. The van der Waals surface area contributed by atoms with E-state index in [-0.39, 0.29) is 51.4 Å². The Kier molecular flexibility index (Phi) is 10.1.